The molecule has 0 aromatic rings. The highest BCUT2D eigenvalue weighted by atomic mass is 33.1. The minimum absolute atomic E-state index is 0.00176. The van der Waals surface area contributed by atoms with Crippen LogP contribution in [0.1, 0.15) is 382 Å². The van der Waals surface area contributed by atoms with Crippen LogP contribution in [-0.2, 0) is 28.7 Å². The molecule has 13 nitrogen and oxygen atoms in total. The van der Waals surface area contributed by atoms with Crippen LogP contribution in [-0.4, -0.2) is 157 Å². The Morgan fingerprint density at radius 3 is 1.24 bits per heavy atom. The zero-order valence-electron chi connectivity index (χ0n) is 63.8. The average Bonchev–Trinajstić information content (AvgIpc) is 3.06. The highest BCUT2D eigenvalue weighted by molar-refractivity contribution is 8.76. The van der Waals surface area contributed by atoms with Gasteiger partial charge in [0.25, 0.3) is 0 Å². The van der Waals surface area contributed by atoms with Crippen molar-refractivity contribution in [2.75, 3.05) is 83.6 Å². The van der Waals surface area contributed by atoms with Gasteiger partial charge < -0.3 is 40.1 Å². The summed E-state index contributed by atoms with van der Waals surface area (Å²) in [6, 6.07) is -0.633. The lowest BCUT2D eigenvalue weighted by Crippen LogP contribution is -2.48. The van der Waals surface area contributed by atoms with Gasteiger partial charge in [-0.25, -0.2) is 0 Å². The molecule has 0 radical (unpaired) electrons. The molecule has 0 aliphatic rings. The molecule has 0 aromatic carbocycles. The number of aliphatic hydroxyl groups excluding tert-OH is 2. The second kappa shape index (κ2) is 73.6. The van der Waals surface area contributed by atoms with Crippen molar-refractivity contribution in [3.63, 3.8) is 0 Å². The van der Waals surface area contributed by atoms with E-state index in [0.717, 1.165) is 198 Å². The molecule has 95 heavy (non-hydrogen) atoms. The van der Waals surface area contributed by atoms with Gasteiger partial charge in [0, 0.05) is 56.9 Å². The summed E-state index contributed by atoms with van der Waals surface area (Å²) < 4.78 is 11.8. The van der Waals surface area contributed by atoms with Crippen molar-refractivity contribution >= 4 is 45.3 Å². The number of rotatable bonds is 77. The van der Waals surface area contributed by atoms with Gasteiger partial charge in [0.2, 0.25) is 11.8 Å². The molecule has 0 fully saturated rings. The van der Waals surface area contributed by atoms with E-state index < -0.39 is 18.2 Å². The van der Waals surface area contributed by atoms with E-state index in [4.69, 9.17) is 9.47 Å². The summed E-state index contributed by atoms with van der Waals surface area (Å²) >= 11 is 0. The molecule has 0 aromatic heterocycles. The highest BCUT2D eigenvalue weighted by Gasteiger charge is 2.23. The van der Waals surface area contributed by atoms with E-state index in [0.29, 0.717) is 52.0 Å². The monoisotopic (exact) mass is 1380 g/mol. The third-order valence-corrected chi connectivity index (χ3v) is 21.7. The fourth-order valence-corrected chi connectivity index (χ4v) is 15.1. The number of carbonyl (C=O) groups is 4. The molecule has 0 aliphatic carbocycles. The van der Waals surface area contributed by atoms with Crippen LogP contribution >= 0.6 is 21.6 Å². The lowest BCUT2D eigenvalue weighted by Gasteiger charge is -2.27. The lowest BCUT2D eigenvalue weighted by molar-refractivity contribution is -0.150. The Morgan fingerprint density at radius 1 is 0.368 bits per heavy atom. The van der Waals surface area contributed by atoms with Gasteiger partial charge >= 0.3 is 11.9 Å². The molecule has 0 rings (SSSR count). The van der Waals surface area contributed by atoms with Crippen LogP contribution < -0.4 is 10.6 Å². The zero-order valence-corrected chi connectivity index (χ0v) is 65.4. The molecular weight excluding hydrogens is 1220 g/mol. The number of hydrogen-bond donors (Lipinski definition) is 4. The summed E-state index contributed by atoms with van der Waals surface area (Å²) in [6.45, 7) is 24.0. The van der Waals surface area contributed by atoms with Gasteiger partial charge in [-0.15, -0.1) is 0 Å². The number of esters is 2. The molecule has 0 bridgehead atoms. The SMILES string of the molecule is CCCCCCCCCCCOC(=O)CCCCCN(CCCCCCCC(=O)OC(CCCCCCCC)CCCCCCCC)CCCCSSCCC(NC(=O)CCN(CC(O)CCCCCCCC)CC(O)CCCCCCCC)C(=O)NCCCN(CC)CC. The summed E-state index contributed by atoms with van der Waals surface area (Å²) in [7, 11) is 3.64. The number of carbonyl (C=O) groups excluding carboxylic acids is 4. The van der Waals surface area contributed by atoms with Crippen LogP contribution in [0, 0.1) is 0 Å². The molecule has 0 spiro atoms. The summed E-state index contributed by atoms with van der Waals surface area (Å²) in [4.78, 5) is 60.4. The summed E-state index contributed by atoms with van der Waals surface area (Å²) in [5.41, 5.74) is 0. The Hall–Kier alpha value is -1.62. The first-order chi connectivity index (χ1) is 46.5. The fourth-order valence-electron chi connectivity index (χ4n) is 12.8. The second-order valence-corrected chi connectivity index (χ2v) is 31.0. The molecule has 0 saturated heterocycles. The largest absolute Gasteiger partial charge is 0.466 e. The number of nitrogens with zero attached hydrogens (tertiary/aromatic N) is 3. The molecule has 15 heteroatoms. The van der Waals surface area contributed by atoms with Crippen LogP contribution in [0.15, 0.2) is 0 Å². The predicted octanol–water partition coefficient (Wildman–Crippen LogP) is 20.5. The normalized spacial score (nSPS) is 12.8. The zero-order chi connectivity index (χ0) is 69.6. The Morgan fingerprint density at radius 2 is 0.758 bits per heavy atom. The van der Waals surface area contributed by atoms with E-state index in [1.165, 1.54) is 161 Å². The molecule has 0 heterocycles. The third kappa shape index (κ3) is 65.4. The molecule has 2 amide bonds. The van der Waals surface area contributed by atoms with Crippen molar-refractivity contribution < 1.29 is 38.9 Å². The Kier molecular flexibility index (Phi) is 72.3. The van der Waals surface area contributed by atoms with Crippen LogP contribution in [0.4, 0.5) is 0 Å². The number of amides is 2. The van der Waals surface area contributed by atoms with E-state index in [2.05, 4.69) is 73.8 Å². The molecular formula is C80H159N5O8S2. The molecule has 0 aliphatic heterocycles. The van der Waals surface area contributed by atoms with Crippen molar-refractivity contribution in [1.82, 2.24) is 25.3 Å². The van der Waals surface area contributed by atoms with Crippen molar-refractivity contribution in [1.29, 1.82) is 0 Å². The van der Waals surface area contributed by atoms with Gasteiger partial charge in [-0.05, 0) is 136 Å². The first kappa shape index (κ1) is 93.4. The van der Waals surface area contributed by atoms with Crippen molar-refractivity contribution in [2.45, 2.75) is 407 Å². The van der Waals surface area contributed by atoms with E-state index in [1.54, 1.807) is 10.8 Å². The van der Waals surface area contributed by atoms with Crippen molar-refractivity contribution in [3.05, 3.63) is 0 Å². The van der Waals surface area contributed by atoms with Crippen LogP contribution in [0.25, 0.3) is 0 Å². The number of unbranched alkanes of at least 4 members (excludes halogenated alkanes) is 35. The van der Waals surface area contributed by atoms with E-state index in [9.17, 15) is 29.4 Å². The molecule has 0 saturated carbocycles. The van der Waals surface area contributed by atoms with E-state index in [1.807, 2.05) is 10.8 Å². The van der Waals surface area contributed by atoms with Crippen LogP contribution in [0.5, 0.6) is 0 Å². The lowest BCUT2D eigenvalue weighted by atomic mass is 10.0. The molecule has 3 atom stereocenters. The molecule has 564 valence electrons. The van der Waals surface area contributed by atoms with Crippen LogP contribution in [0.2, 0.25) is 0 Å². The summed E-state index contributed by atoms with van der Waals surface area (Å²) in [6.07, 6.45) is 56.1. The fraction of sp³-hybridized carbons (Fsp3) is 0.950. The van der Waals surface area contributed by atoms with Crippen molar-refractivity contribution in [3.8, 4) is 0 Å². The minimum Gasteiger partial charge on any atom is -0.466 e. The number of nitrogens with one attached hydrogen (secondary N) is 2. The van der Waals surface area contributed by atoms with E-state index in [-0.39, 0.29) is 36.3 Å². The van der Waals surface area contributed by atoms with Gasteiger partial charge in [0.1, 0.15) is 12.1 Å². The minimum atomic E-state index is -0.633. The Bertz CT molecular complexity index is 1610. The maximum atomic E-state index is 13.8. The van der Waals surface area contributed by atoms with Crippen LogP contribution in [0.3, 0.4) is 0 Å². The Labute approximate surface area is 596 Å². The smallest absolute Gasteiger partial charge is 0.306 e. The average molecular weight is 1380 g/mol. The maximum absolute atomic E-state index is 13.8. The highest BCUT2D eigenvalue weighted by Crippen LogP contribution is 2.25. The first-order valence-electron chi connectivity index (χ1n) is 41.2. The third-order valence-electron chi connectivity index (χ3n) is 19.2. The van der Waals surface area contributed by atoms with Gasteiger partial charge in [-0.2, -0.15) is 0 Å². The second-order valence-electron chi connectivity index (χ2n) is 28.3. The first-order valence-corrected chi connectivity index (χ1v) is 43.6. The summed E-state index contributed by atoms with van der Waals surface area (Å²) in [5.74, 6) is 1.41. The molecule has 4 N–H and O–H groups in total. The Balaban J connectivity index is 5.51. The van der Waals surface area contributed by atoms with Crippen molar-refractivity contribution in [2.24, 2.45) is 0 Å². The van der Waals surface area contributed by atoms with Gasteiger partial charge in [-0.3, -0.25) is 24.1 Å². The summed E-state index contributed by atoms with van der Waals surface area (Å²) in [5, 5.41) is 28.6. The number of aliphatic hydroxyl groups is 2. The van der Waals surface area contributed by atoms with E-state index >= 15 is 0 Å². The maximum Gasteiger partial charge on any atom is 0.306 e. The quantitative estimate of drug-likeness (QED) is 0.0259. The van der Waals surface area contributed by atoms with Gasteiger partial charge in [0.15, 0.2) is 0 Å². The standard InChI is InChI=1S/C80H159N5O8S2/c1-8-15-20-25-30-31-32-40-51-68-92-78(89)58-47-41-49-64-84(63-48-39-33-38-46-59-79(90)93-75(56-44-36-28-23-18-11-4)57-45-37-29-24-19-12-5)65-50-52-69-94-95-70-61-76(80(91)81-62-53-66-83(13-6)14-7)82-77(88)60-67-85(71-73(86)54-42-34-26-21-16-9-2)72-74(87)55-43-35-27-22-17-10-3/h73-76,86-87H,8-72H2,1-7H3,(H,81,91)(H,82,88). The van der Waals surface area contributed by atoms with Gasteiger partial charge in [0.05, 0.1) is 18.8 Å². The molecule has 3 unspecified atom stereocenters. The topological polar surface area (TPSA) is 161 Å². The van der Waals surface area contributed by atoms with Gasteiger partial charge in [-0.1, -0.05) is 288 Å². The number of hydrogen-bond acceptors (Lipinski definition) is 13. The predicted molar refractivity (Wildman–Crippen MR) is 412 cm³/mol. The number of ether oxygens (including phenoxy) is 2.